The highest BCUT2D eigenvalue weighted by molar-refractivity contribution is 5.78. The van der Waals surface area contributed by atoms with E-state index in [2.05, 4.69) is 16.1 Å². The standard InChI is InChI=1S/C7H11NO2/c1-9-8-5-7-3-2-4-10-6-7/h3,5H,2,4,6H2,1H3/b8-5+. The molecule has 0 fully saturated rings. The molecule has 3 nitrogen and oxygen atoms in total. The molecule has 0 aromatic rings. The summed E-state index contributed by atoms with van der Waals surface area (Å²) in [7, 11) is 1.53. The molecule has 3 heteroatoms. The quantitative estimate of drug-likeness (QED) is 0.423. The molecule has 0 amide bonds. The molecule has 0 saturated carbocycles. The van der Waals surface area contributed by atoms with Crippen LogP contribution in [0.15, 0.2) is 16.8 Å². The van der Waals surface area contributed by atoms with Gasteiger partial charge in [-0.3, -0.25) is 0 Å². The third-order valence-corrected chi connectivity index (χ3v) is 1.26. The number of ether oxygens (including phenoxy) is 1. The number of rotatable bonds is 2. The van der Waals surface area contributed by atoms with E-state index in [0.29, 0.717) is 6.61 Å². The first-order valence-corrected chi connectivity index (χ1v) is 3.27. The Kier molecular flexibility index (Phi) is 2.96. The van der Waals surface area contributed by atoms with Crippen LogP contribution in [0.2, 0.25) is 0 Å². The van der Waals surface area contributed by atoms with Crippen LogP contribution in [0.3, 0.4) is 0 Å². The van der Waals surface area contributed by atoms with Gasteiger partial charge in [0.05, 0.1) is 19.4 Å². The Balaban J connectivity index is 2.38. The van der Waals surface area contributed by atoms with Crippen molar-refractivity contribution in [1.82, 2.24) is 0 Å². The van der Waals surface area contributed by atoms with E-state index in [-0.39, 0.29) is 0 Å². The molecule has 0 unspecified atom stereocenters. The highest BCUT2D eigenvalue weighted by atomic mass is 16.6. The van der Waals surface area contributed by atoms with E-state index in [1.807, 2.05) is 0 Å². The van der Waals surface area contributed by atoms with Crippen LogP contribution in [0, 0.1) is 0 Å². The molecule has 0 spiro atoms. The van der Waals surface area contributed by atoms with E-state index in [0.717, 1.165) is 18.6 Å². The van der Waals surface area contributed by atoms with Crippen LogP contribution in [0.5, 0.6) is 0 Å². The number of hydrogen-bond donors (Lipinski definition) is 0. The molecule has 1 rings (SSSR count). The van der Waals surface area contributed by atoms with Crippen molar-refractivity contribution >= 4 is 6.21 Å². The summed E-state index contributed by atoms with van der Waals surface area (Å²) in [5.74, 6) is 0. The van der Waals surface area contributed by atoms with Gasteiger partial charge in [-0.1, -0.05) is 11.2 Å². The fraction of sp³-hybridized carbons (Fsp3) is 0.571. The van der Waals surface area contributed by atoms with Crippen molar-refractivity contribution in [2.75, 3.05) is 20.3 Å². The maximum atomic E-state index is 5.16. The maximum Gasteiger partial charge on any atom is 0.106 e. The number of oxime groups is 1. The van der Waals surface area contributed by atoms with Gasteiger partial charge in [-0.15, -0.1) is 0 Å². The van der Waals surface area contributed by atoms with Gasteiger partial charge in [-0.2, -0.15) is 0 Å². The van der Waals surface area contributed by atoms with Crippen molar-refractivity contribution in [1.29, 1.82) is 0 Å². The second-order valence-corrected chi connectivity index (χ2v) is 2.04. The van der Waals surface area contributed by atoms with Crippen LogP contribution in [0.25, 0.3) is 0 Å². The summed E-state index contributed by atoms with van der Waals surface area (Å²) in [4.78, 5) is 4.52. The van der Waals surface area contributed by atoms with Gasteiger partial charge < -0.3 is 9.57 Å². The van der Waals surface area contributed by atoms with Crippen LogP contribution in [0.1, 0.15) is 6.42 Å². The average Bonchev–Trinajstić information content (AvgIpc) is 2.03. The molecule has 0 aromatic carbocycles. The van der Waals surface area contributed by atoms with E-state index >= 15 is 0 Å². The number of nitrogens with zero attached hydrogens (tertiary/aromatic N) is 1. The van der Waals surface area contributed by atoms with Gasteiger partial charge in [0, 0.05) is 0 Å². The minimum atomic E-state index is 0.660. The van der Waals surface area contributed by atoms with Gasteiger partial charge >= 0.3 is 0 Å². The van der Waals surface area contributed by atoms with Crippen LogP contribution in [0.4, 0.5) is 0 Å². The van der Waals surface area contributed by atoms with E-state index in [1.165, 1.54) is 7.11 Å². The van der Waals surface area contributed by atoms with Gasteiger partial charge in [-0.05, 0) is 12.0 Å². The van der Waals surface area contributed by atoms with E-state index in [9.17, 15) is 0 Å². The van der Waals surface area contributed by atoms with Crippen molar-refractivity contribution in [2.45, 2.75) is 6.42 Å². The first-order valence-electron chi connectivity index (χ1n) is 3.27. The molecule has 0 aliphatic carbocycles. The lowest BCUT2D eigenvalue weighted by Gasteiger charge is -2.08. The summed E-state index contributed by atoms with van der Waals surface area (Å²) < 4.78 is 5.16. The molecule has 0 radical (unpaired) electrons. The lowest BCUT2D eigenvalue weighted by molar-refractivity contribution is 0.154. The molecular weight excluding hydrogens is 130 g/mol. The van der Waals surface area contributed by atoms with Gasteiger partial charge in [0.1, 0.15) is 7.11 Å². The summed E-state index contributed by atoms with van der Waals surface area (Å²) in [5, 5.41) is 3.62. The zero-order valence-corrected chi connectivity index (χ0v) is 6.04. The Morgan fingerprint density at radius 1 is 1.80 bits per heavy atom. The first kappa shape index (κ1) is 7.28. The summed E-state index contributed by atoms with van der Waals surface area (Å²) in [6, 6.07) is 0. The molecule has 10 heavy (non-hydrogen) atoms. The Morgan fingerprint density at radius 2 is 2.70 bits per heavy atom. The molecular formula is C7H11NO2. The molecule has 0 bridgehead atoms. The van der Waals surface area contributed by atoms with Crippen molar-refractivity contribution < 1.29 is 9.57 Å². The van der Waals surface area contributed by atoms with Crippen molar-refractivity contribution in [3.05, 3.63) is 11.6 Å². The van der Waals surface area contributed by atoms with Crippen LogP contribution in [-0.4, -0.2) is 26.5 Å². The summed E-state index contributed by atoms with van der Waals surface area (Å²) in [5.41, 5.74) is 1.09. The Hall–Kier alpha value is -0.830. The monoisotopic (exact) mass is 141 g/mol. The van der Waals surface area contributed by atoms with Crippen LogP contribution < -0.4 is 0 Å². The largest absolute Gasteiger partial charge is 0.399 e. The molecule has 56 valence electrons. The van der Waals surface area contributed by atoms with Crippen molar-refractivity contribution in [2.24, 2.45) is 5.16 Å². The zero-order valence-electron chi connectivity index (χ0n) is 6.04. The van der Waals surface area contributed by atoms with Gasteiger partial charge in [0.25, 0.3) is 0 Å². The third-order valence-electron chi connectivity index (χ3n) is 1.26. The van der Waals surface area contributed by atoms with Gasteiger partial charge in [0.2, 0.25) is 0 Å². The van der Waals surface area contributed by atoms with Crippen molar-refractivity contribution in [3.8, 4) is 0 Å². The van der Waals surface area contributed by atoms with Crippen molar-refractivity contribution in [3.63, 3.8) is 0 Å². The Labute approximate surface area is 60.3 Å². The smallest absolute Gasteiger partial charge is 0.106 e. The molecule has 0 N–H and O–H groups in total. The average molecular weight is 141 g/mol. The predicted octanol–water partition coefficient (Wildman–Crippen LogP) is 0.965. The minimum absolute atomic E-state index is 0.660. The fourth-order valence-electron chi connectivity index (χ4n) is 0.787. The fourth-order valence-corrected chi connectivity index (χ4v) is 0.787. The Morgan fingerprint density at radius 3 is 3.30 bits per heavy atom. The topological polar surface area (TPSA) is 30.8 Å². The first-order chi connectivity index (χ1) is 4.93. The van der Waals surface area contributed by atoms with Crippen LogP contribution in [-0.2, 0) is 9.57 Å². The molecule has 0 atom stereocenters. The zero-order chi connectivity index (χ0) is 7.23. The van der Waals surface area contributed by atoms with E-state index in [1.54, 1.807) is 6.21 Å². The second-order valence-electron chi connectivity index (χ2n) is 2.04. The SMILES string of the molecule is CO/N=C/C1=CCCOC1. The number of hydrogen-bond acceptors (Lipinski definition) is 3. The lowest BCUT2D eigenvalue weighted by atomic mass is 10.2. The maximum absolute atomic E-state index is 5.16. The predicted molar refractivity (Wildman–Crippen MR) is 39.0 cm³/mol. The lowest BCUT2D eigenvalue weighted by Crippen LogP contribution is -2.06. The van der Waals surface area contributed by atoms with E-state index in [4.69, 9.17) is 4.74 Å². The van der Waals surface area contributed by atoms with E-state index < -0.39 is 0 Å². The van der Waals surface area contributed by atoms with Gasteiger partial charge in [0.15, 0.2) is 0 Å². The van der Waals surface area contributed by atoms with Gasteiger partial charge in [-0.25, -0.2) is 0 Å². The Bertz CT molecular complexity index is 152. The molecule has 1 aliphatic heterocycles. The third kappa shape index (κ3) is 2.19. The highest BCUT2D eigenvalue weighted by Crippen LogP contribution is 2.02. The minimum Gasteiger partial charge on any atom is -0.399 e. The molecule has 1 aliphatic rings. The highest BCUT2D eigenvalue weighted by Gasteiger charge is 1.99. The molecule has 1 heterocycles. The second kappa shape index (κ2) is 4.06. The summed E-state index contributed by atoms with van der Waals surface area (Å²) >= 11 is 0. The molecule has 0 aromatic heterocycles. The normalized spacial score (nSPS) is 19.1. The summed E-state index contributed by atoms with van der Waals surface area (Å²) in [6.45, 7) is 1.48. The molecule has 0 saturated heterocycles. The van der Waals surface area contributed by atoms with Crippen LogP contribution >= 0.6 is 0 Å². The summed E-state index contributed by atoms with van der Waals surface area (Å²) in [6.07, 6.45) is 4.76.